The highest BCUT2D eigenvalue weighted by Crippen LogP contribution is 2.60. The molecule has 4 rings (SSSR count). The standard InChI is InChI=1S/C16H14BrNO2/c1-16-10-3-2-9(8-10)13(16)14(19)18(15(16)20)12-6-4-11(17)5-7-12/h2-7,9-10,13H,8H2,1H3/t9-,10-,13+,16+/m0/s1. The quantitative estimate of drug-likeness (QED) is 0.585. The lowest BCUT2D eigenvalue weighted by molar-refractivity contribution is -0.127. The summed E-state index contributed by atoms with van der Waals surface area (Å²) in [5, 5.41) is 0. The summed E-state index contributed by atoms with van der Waals surface area (Å²) in [6, 6.07) is 7.36. The second-order valence-corrected chi connectivity index (χ2v) is 7.02. The first-order valence-corrected chi connectivity index (χ1v) is 7.65. The van der Waals surface area contributed by atoms with Gasteiger partial charge in [0.1, 0.15) is 0 Å². The highest BCUT2D eigenvalue weighted by atomic mass is 79.9. The first kappa shape index (κ1) is 12.3. The summed E-state index contributed by atoms with van der Waals surface area (Å²) >= 11 is 3.37. The number of allylic oxidation sites excluding steroid dienone is 2. The number of hydrogen-bond acceptors (Lipinski definition) is 2. The molecule has 1 saturated carbocycles. The molecule has 2 fully saturated rings. The van der Waals surface area contributed by atoms with Crippen molar-refractivity contribution in [2.75, 3.05) is 4.90 Å². The lowest BCUT2D eigenvalue weighted by Gasteiger charge is -2.28. The second-order valence-electron chi connectivity index (χ2n) is 6.11. The molecule has 1 heterocycles. The Bertz CT molecular complexity index is 651. The van der Waals surface area contributed by atoms with E-state index in [1.807, 2.05) is 31.2 Å². The van der Waals surface area contributed by atoms with E-state index in [1.165, 1.54) is 4.90 Å². The smallest absolute Gasteiger partial charge is 0.241 e. The fourth-order valence-electron chi connectivity index (χ4n) is 4.14. The number of anilines is 1. The number of halogens is 1. The zero-order valence-corrected chi connectivity index (χ0v) is 12.6. The van der Waals surface area contributed by atoms with Crippen molar-refractivity contribution in [3.05, 3.63) is 40.9 Å². The summed E-state index contributed by atoms with van der Waals surface area (Å²) in [5.41, 5.74) is 0.141. The van der Waals surface area contributed by atoms with Crippen molar-refractivity contribution in [3.8, 4) is 0 Å². The van der Waals surface area contributed by atoms with Gasteiger partial charge in [-0.15, -0.1) is 0 Å². The van der Waals surface area contributed by atoms with Crippen LogP contribution in [0.5, 0.6) is 0 Å². The number of imide groups is 1. The van der Waals surface area contributed by atoms with Gasteiger partial charge in [0.2, 0.25) is 11.8 Å². The molecular formula is C16H14BrNO2. The van der Waals surface area contributed by atoms with Crippen LogP contribution in [0.1, 0.15) is 13.3 Å². The molecule has 4 heteroatoms. The minimum atomic E-state index is -0.538. The molecule has 0 radical (unpaired) electrons. The molecule has 1 saturated heterocycles. The van der Waals surface area contributed by atoms with Crippen molar-refractivity contribution in [1.82, 2.24) is 0 Å². The van der Waals surface area contributed by atoms with Crippen molar-refractivity contribution in [2.45, 2.75) is 13.3 Å². The Morgan fingerprint density at radius 2 is 1.90 bits per heavy atom. The summed E-state index contributed by atoms with van der Waals surface area (Å²) in [6.07, 6.45) is 5.19. The van der Waals surface area contributed by atoms with E-state index in [9.17, 15) is 9.59 Å². The van der Waals surface area contributed by atoms with Gasteiger partial charge in [0.15, 0.2) is 0 Å². The number of rotatable bonds is 1. The molecule has 2 aliphatic carbocycles. The van der Waals surface area contributed by atoms with Crippen molar-refractivity contribution >= 4 is 33.4 Å². The van der Waals surface area contributed by atoms with E-state index in [4.69, 9.17) is 0 Å². The van der Waals surface area contributed by atoms with Gasteiger partial charge in [-0.25, -0.2) is 4.90 Å². The normalized spacial score (nSPS) is 37.9. The summed E-state index contributed by atoms with van der Waals surface area (Å²) in [4.78, 5) is 27.0. The average molecular weight is 332 g/mol. The lowest BCUT2D eigenvalue weighted by Crippen LogP contribution is -2.37. The van der Waals surface area contributed by atoms with Crippen molar-refractivity contribution < 1.29 is 9.59 Å². The molecule has 102 valence electrons. The number of amides is 2. The lowest BCUT2D eigenvalue weighted by atomic mass is 9.71. The molecule has 0 unspecified atom stereocenters. The van der Waals surface area contributed by atoms with E-state index in [0.29, 0.717) is 5.69 Å². The third-order valence-corrected chi connectivity index (χ3v) is 5.73. The average Bonchev–Trinajstić information content (AvgIpc) is 3.05. The molecule has 1 aromatic carbocycles. The van der Waals surface area contributed by atoms with Gasteiger partial charge in [0.05, 0.1) is 17.0 Å². The molecule has 0 spiro atoms. The van der Waals surface area contributed by atoms with Crippen LogP contribution in [0, 0.1) is 23.2 Å². The van der Waals surface area contributed by atoms with Crippen LogP contribution >= 0.6 is 15.9 Å². The third kappa shape index (κ3) is 1.30. The second kappa shape index (κ2) is 3.82. The van der Waals surface area contributed by atoms with Gasteiger partial charge in [0.25, 0.3) is 0 Å². The van der Waals surface area contributed by atoms with E-state index in [1.54, 1.807) is 0 Å². The monoisotopic (exact) mass is 331 g/mol. The van der Waals surface area contributed by atoms with Crippen molar-refractivity contribution in [3.63, 3.8) is 0 Å². The predicted molar refractivity (Wildman–Crippen MR) is 79.0 cm³/mol. The summed E-state index contributed by atoms with van der Waals surface area (Å²) in [6.45, 7) is 1.96. The van der Waals surface area contributed by atoms with E-state index < -0.39 is 5.41 Å². The van der Waals surface area contributed by atoms with Crippen molar-refractivity contribution in [2.24, 2.45) is 23.2 Å². The molecule has 1 aliphatic heterocycles. The molecular weight excluding hydrogens is 318 g/mol. The first-order valence-electron chi connectivity index (χ1n) is 6.86. The Morgan fingerprint density at radius 3 is 2.55 bits per heavy atom. The van der Waals surface area contributed by atoms with Crippen LogP contribution in [0.4, 0.5) is 5.69 Å². The highest BCUT2D eigenvalue weighted by molar-refractivity contribution is 9.10. The molecule has 3 aliphatic rings. The van der Waals surface area contributed by atoms with E-state index >= 15 is 0 Å². The van der Waals surface area contributed by atoms with Gasteiger partial charge in [-0.1, -0.05) is 28.1 Å². The number of carbonyl (C=O) groups is 2. The number of nitrogens with zero attached hydrogens (tertiary/aromatic N) is 1. The van der Waals surface area contributed by atoms with E-state index in [0.717, 1.165) is 10.9 Å². The van der Waals surface area contributed by atoms with E-state index in [-0.39, 0.29) is 29.6 Å². The van der Waals surface area contributed by atoms with Crippen LogP contribution in [0.15, 0.2) is 40.9 Å². The Balaban J connectivity index is 1.80. The molecule has 0 N–H and O–H groups in total. The maximum atomic E-state index is 12.9. The SMILES string of the molecule is C[C@]12C(=O)N(c3ccc(Br)cc3)C(=O)[C@H]1[C@H]1C=C[C@H]2C1. The summed E-state index contributed by atoms with van der Waals surface area (Å²) in [5.74, 6) is 0.216. The number of hydrogen-bond donors (Lipinski definition) is 0. The Morgan fingerprint density at radius 1 is 1.20 bits per heavy atom. The fraction of sp³-hybridized carbons (Fsp3) is 0.375. The topological polar surface area (TPSA) is 37.4 Å². The maximum Gasteiger partial charge on any atom is 0.241 e. The number of benzene rings is 1. The molecule has 3 nitrogen and oxygen atoms in total. The molecule has 0 aromatic heterocycles. The minimum Gasteiger partial charge on any atom is -0.274 e. The Kier molecular flexibility index (Phi) is 2.35. The van der Waals surface area contributed by atoms with E-state index in [2.05, 4.69) is 28.1 Å². The van der Waals surface area contributed by atoms with Crippen molar-refractivity contribution in [1.29, 1.82) is 0 Å². The Hall–Kier alpha value is -1.42. The van der Waals surface area contributed by atoms with Gasteiger partial charge in [-0.3, -0.25) is 9.59 Å². The molecule has 20 heavy (non-hydrogen) atoms. The summed E-state index contributed by atoms with van der Waals surface area (Å²) < 4.78 is 0.938. The van der Waals surface area contributed by atoms with Crippen LogP contribution in [0.25, 0.3) is 0 Å². The number of carbonyl (C=O) groups excluding carboxylic acids is 2. The van der Waals surface area contributed by atoms with Crippen LogP contribution in [0.2, 0.25) is 0 Å². The third-order valence-electron chi connectivity index (χ3n) is 5.20. The molecule has 4 atom stereocenters. The Labute approximate surface area is 125 Å². The van der Waals surface area contributed by atoms with Gasteiger partial charge < -0.3 is 0 Å². The zero-order chi connectivity index (χ0) is 14.1. The van der Waals surface area contributed by atoms with Crippen LogP contribution in [-0.4, -0.2) is 11.8 Å². The predicted octanol–water partition coefficient (Wildman–Crippen LogP) is 3.15. The molecule has 2 amide bonds. The maximum absolute atomic E-state index is 12.9. The van der Waals surface area contributed by atoms with Gasteiger partial charge >= 0.3 is 0 Å². The minimum absolute atomic E-state index is 0.0309. The highest BCUT2D eigenvalue weighted by Gasteiger charge is 2.67. The zero-order valence-electron chi connectivity index (χ0n) is 11.0. The summed E-state index contributed by atoms with van der Waals surface area (Å²) in [7, 11) is 0. The fourth-order valence-corrected chi connectivity index (χ4v) is 4.40. The first-order chi connectivity index (χ1) is 9.53. The van der Waals surface area contributed by atoms with Crippen LogP contribution < -0.4 is 4.90 Å². The van der Waals surface area contributed by atoms with Gasteiger partial charge in [0, 0.05) is 4.47 Å². The molecule has 1 aromatic rings. The van der Waals surface area contributed by atoms with Crippen LogP contribution in [-0.2, 0) is 9.59 Å². The van der Waals surface area contributed by atoms with Crippen LogP contribution in [0.3, 0.4) is 0 Å². The van der Waals surface area contributed by atoms with Gasteiger partial charge in [-0.05, 0) is 49.4 Å². The van der Waals surface area contributed by atoms with Gasteiger partial charge in [-0.2, -0.15) is 0 Å². The number of fused-ring (bicyclic) bond motifs is 5. The molecule has 2 bridgehead atoms. The largest absolute Gasteiger partial charge is 0.274 e.